The highest BCUT2D eigenvalue weighted by Crippen LogP contribution is 2.27. The van der Waals surface area contributed by atoms with Crippen LogP contribution in [0.15, 0.2) is 40.9 Å². The van der Waals surface area contributed by atoms with Gasteiger partial charge in [-0.2, -0.15) is 5.26 Å². The Hall–Kier alpha value is -1.99. The Kier molecular flexibility index (Phi) is 4.31. The van der Waals surface area contributed by atoms with Gasteiger partial charge in [-0.1, -0.05) is 6.07 Å². The van der Waals surface area contributed by atoms with Crippen LogP contribution in [0.1, 0.15) is 11.1 Å². The van der Waals surface area contributed by atoms with E-state index in [-0.39, 0.29) is 0 Å². The van der Waals surface area contributed by atoms with E-state index < -0.39 is 0 Å². The van der Waals surface area contributed by atoms with Gasteiger partial charge in [-0.25, -0.2) is 0 Å². The second-order valence-corrected chi connectivity index (χ2v) is 5.68. The zero-order chi connectivity index (χ0) is 14.7. The topological polar surface area (TPSA) is 39.1 Å². The Morgan fingerprint density at radius 1 is 1.10 bits per heavy atom. The Bertz CT molecular complexity index is 672. The van der Waals surface area contributed by atoms with Gasteiger partial charge in [0.1, 0.15) is 6.07 Å². The molecule has 0 unspecified atom stereocenters. The van der Waals surface area contributed by atoms with Crippen LogP contribution in [-0.4, -0.2) is 14.1 Å². The lowest BCUT2D eigenvalue weighted by atomic mass is 10.1. The van der Waals surface area contributed by atoms with Crippen molar-refractivity contribution >= 4 is 33.0 Å². The number of halogens is 1. The monoisotopic (exact) mass is 329 g/mol. The van der Waals surface area contributed by atoms with Gasteiger partial charge in [-0.3, -0.25) is 0 Å². The van der Waals surface area contributed by atoms with Crippen molar-refractivity contribution in [3.05, 3.63) is 52.0 Å². The highest BCUT2D eigenvalue weighted by molar-refractivity contribution is 9.10. The van der Waals surface area contributed by atoms with Crippen molar-refractivity contribution < 1.29 is 0 Å². The van der Waals surface area contributed by atoms with Crippen molar-refractivity contribution in [3.8, 4) is 6.07 Å². The van der Waals surface area contributed by atoms with E-state index in [0.29, 0.717) is 5.56 Å². The zero-order valence-electron chi connectivity index (χ0n) is 11.7. The van der Waals surface area contributed by atoms with E-state index in [4.69, 9.17) is 5.26 Å². The van der Waals surface area contributed by atoms with Crippen LogP contribution in [0.2, 0.25) is 0 Å². The van der Waals surface area contributed by atoms with Gasteiger partial charge >= 0.3 is 0 Å². The number of aryl methyl sites for hydroxylation is 1. The molecule has 0 radical (unpaired) electrons. The maximum absolute atomic E-state index is 8.92. The first-order valence-electron chi connectivity index (χ1n) is 6.26. The predicted molar refractivity (Wildman–Crippen MR) is 87.6 cm³/mol. The maximum atomic E-state index is 8.92. The highest BCUT2D eigenvalue weighted by Gasteiger charge is 2.04. The molecule has 0 heterocycles. The number of anilines is 3. The lowest BCUT2D eigenvalue weighted by molar-refractivity contribution is 1.11. The van der Waals surface area contributed by atoms with Gasteiger partial charge in [0.25, 0.3) is 0 Å². The highest BCUT2D eigenvalue weighted by atomic mass is 79.9. The summed E-state index contributed by atoms with van der Waals surface area (Å²) in [6.07, 6.45) is 0. The Morgan fingerprint density at radius 3 is 2.35 bits per heavy atom. The molecule has 0 aliphatic carbocycles. The van der Waals surface area contributed by atoms with E-state index in [0.717, 1.165) is 15.8 Å². The second-order valence-electron chi connectivity index (χ2n) is 4.83. The molecule has 0 spiro atoms. The summed E-state index contributed by atoms with van der Waals surface area (Å²) in [6.45, 7) is 2.09. The first-order valence-corrected chi connectivity index (χ1v) is 7.05. The van der Waals surface area contributed by atoms with Gasteiger partial charge in [-0.15, -0.1) is 0 Å². The van der Waals surface area contributed by atoms with Gasteiger partial charge in [0.15, 0.2) is 0 Å². The van der Waals surface area contributed by atoms with Crippen molar-refractivity contribution in [1.82, 2.24) is 0 Å². The van der Waals surface area contributed by atoms with Gasteiger partial charge < -0.3 is 10.2 Å². The Morgan fingerprint density at radius 2 is 1.75 bits per heavy atom. The minimum absolute atomic E-state index is 0.633. The number of nitrogens with zero attached hydrogens (tertiary/aromatic N) is 2. The fourth-order valence-electron chi connectivity index (χ4n) is 2.02. The summed E-state index contributed by atoms with van der Waals surface area (Å²) in [7, 11) is 4.06. The fraction of sp³-hybridized carbons (Fsp3) is 0.188. The van der Waals surface area contributed by atoms with E-state index in [9.17, 15) is 0 Å². The molecule has 1 N–H and O–H groups in total. The molecule has 0 bridgehead atoms. The van der Waals surface area contributed by atoms with Crippen LogP contribution in [0.4, 0.5) is 17.1 Å². The van der Waals surface area contributed by atoms with Crippen LogP contribution < -0.4 is 10.2 Å². The van der Waals surface area contributed by atoms with Crippen molar-refractivity contribution in [1.29, 1.82) is 5.26 Å². The maximum Gasteiger partial charge on any atom is 0.100 e. The molecule has 0 saturated heterocycles. The molecule has 0 aliphatic rings. The molecule has 0 aromatic heterocycles. The Balaban J connectivity index is 2.29. The summed E-state index contributed by atoms with van der Waals surface area (Å²) in [5.41, 5.74) is 5.03. The number of hydrogen-bond acceptors (Lipinski definition) is 3. The standard InChI is InChI=1S/C16H16BrN3/c1-11-4-6-14(9-16(11)20(2)3)19-13-7-5-12(10-18)15(17)8-13/h4-9,19H,1-3H3. The van der Waals surface area contributed by atoms with Gasteiger partial charge in [0.2, 0.25) is 0 Å². The summed E-state index contributed by atoms with van der Waals surface area (Å²) in [5, 5.41) is 12.3. The first kappa shape index (κ1) is 14.4. The quantitative estimate of drug-likeness (QED) is 0.904. The third kappa shape index (κ3) is 3.12. The SMILES string of the molecule is Cc1ccc(Nc2ccc(C#N)c(Br)c2)cc1N(C)C. The normalized spacial score (nSPS) is 9.95. The molecule has 0 fully saturated rings. The average Bonchev–Trinajstić information content (AvgIpc) is 2.41. The number of benzene rings is 2. The van der Waals surface area contributed by atoms with Crippen LogP contribution >= 0.6 is 15.9 Å². The average molecular weight is 330 g/mol. The molecule has 0 atom stereocenters. The summed E-state index contributed by atoms with van der Waals surface area (Å²) in [6, 6.07) is 14.0. The lowest BCUT2D eigenvalue weighted by Gasteiger charge is -2.17. The molecule has 0 saturated carbocycles. The van der Waals surface area contributed by atoms with Crippen molar-refractivity contribution in [2.75, 3.05) is 24.3 Å². The molecule has 0 amide bonds. The molecule has 4 heteroatoms. The van der Waals surface area contributed by atoms with Crippen molar-refractivity contribution in [2.45, 2.75) is 6.92 Å². The van der Waals surface area contributed by atoms with E-state index in [1.165, 1.54) is 11.3 Å². The van der Waals surface area contributed by atoms with E-state index >= 15 is 0 Å². The molecule has 2 aromatic rings. The predicted octanol–water partition coefficient (Wildman–Crippen LogP) is 4.44. The minimum Gasteiger partial charge on any atom is -0.377 e. The molecule has 20 heavy (non-hydrogen) atoms. The molecule has 3 nitrogen and oxygen atoms in total. The lowest BCUT2D eigenvalue weighted by Crippen LogP contribution is -2.10. The number of hydrogen-bond donors (Lipinski definition) is 1. The van der Waals surface area contributed by atoms with Crippen LogP contribution in [0.3, 0.4) is 0 Å². The van der Waals surface area contributed by atoms with E-state index in [2.05, 4.69) is 57.3 Å². The van der Waals surface area contributed by atoms with Gasteiger partial charge in [0, 0.05) is 35.6 Å². The molecule has 0 aliphatic heterocycles. The summed E-state index contributed by atoms with van der Waals surface area (Å²) in [4.78, 5) is 2.09. The van der Waals surface area contributed by atoms with Crippen molar-refractivity contribution in [2.24, 2.45) is 0 Å². The number of rotatable bonds is 3. The van der Waals surface area contributed by atoms with Crippen molar-refractivity contribution in [3.63, 3.8) is 0 Å². The van der Waals surface area contributed by atoms with Crippen LogP contribution in [0.25, 0.3) is 0 Å². The minimum atomic E-state index is 0.633. The summed E-state index contributed by atoms with van der Waals surface area (Å²) in [5.74, 6) is 0. The Labute approximate surface area is 128 Å². The first-order chi connectivity index (χ1) is 9.51. The number of nitriles is 1. The van der Waals surface area contributed by atoms with E-state index in [1.807, 2.05) is 26.2 Å². The van der Waals surface area contributed by atoms with E-state index in [1.54, 1.807) is 6.07 Å². The molecule has 102 valence electrons. The third-order valence-electron chi connectivity index (χ3n) is 3.07. The summed E-state index contributed by atoms with van der Waals surface area (Å²) < 4.78 is 0.796. The van der Waals surface area contributed by atoms with Gasteiger partial charge in [0.05, 0.1) is 5.56 Å². The molecular weight excluding hydrogens is 314 g/mol. The molecular formula is C16H16BrN3. The third-order valence-corrected chi connectivity index (χ3v) is 3.73. The number of nitrogens with one attached hydrogen (secondary N) is 1. The molecule has 2 rings (SSSR count). The van der Waals surface area contributed by atoms with Crippen LogP contribution in [0, 0.1) is 18.3 Å². The van der Waals surface area contributed by atoms with Gasteiger partial charge in [-0.05, 0) is 58.7 Å². The smallest absolute Gasteiger partial charge is 0.100 e. The fourth-order valence-corrected chi connectivity index (χ4v) is 2.49. The zero-order valence-corrected chi connectivity index (χ0v) is 13.3. The van der Waals surface area contributed by atoms with Crippen LogP contribution in [-0.2, 0) is 0 Å². The summed E-state index contributed by atoms with van der Waals surface area (Å²) >= 11 is 3.40. The molecule has 2 aromatic carbocycles. The largest absolute Gasteiger partial charge is 0.377 e. The van der Waals surface area contributed by atoms with Crippen LogP contribution in [0.5, 0.6) is 0 Å². The second kappa shape index (κ2) is 5.98.